The van der Waals surface area contributed by atoms with Crippen LogP contribution in [-0.4, -0.2) is 29.9 Å². The Kier molecular flexibility index (Phi) is 4.42. The van der Waals surface area contributed by atoms with Crippen LogP contribution in [0.2, 0.25) is 0 Å². The summed E-state index contributed by atoms with van der Waals surface area (Å²) in [4.78, 5) is 28.8. The molecule has 2 aromatic rings. The molecule has 1 heterocycles. The van der Waals surface area contributed by atoms with E-state index >= 15 is 0 Å². The fraction of sp³-hybridized carbons (Fsp3) is 0.368. The van der Waals surface area contributed by atoms with Crippen LogP contribution in [0.4, 0.5) is 11.4 Å². The number of nitrogens with one attached hydrogen (secondary N) is 2. The Hall–Kier alpha value is -2.56. The van der Waals surface area contributed by atoms with E-state index in [1.807, 2.05) is 31.2 Å². The first-order chi connectivity index (χ1) is 11.5. The first kappa shape index (κ1) is 16.3. The normalized spacial score (nSPS) is 13.3. The lowest BCUT2D eigenvalue weighted by molar-refractivity contribution is 0.0827. The predicted molar refractivity (Wildman–Crippen MR) is 96.2 cm³/mol. The van der Waals surface area contributed by atoms with E-state index in [9.17, 15) is 9.59 Å². The maximum Gasteiger partial charge on any atom is 0.253 e. The molecule has 24 heavy (non-hydrogen) atoms. The van der Waals surface area contributed by atoms with Crippen molar-refractivity contribution in [2.24, 2.45) is 0 Å². The summed E-state index contributed by atoms with van der Waals surface area (Å²) in [7, 11) is 3.48. The number of pyridine rings is 1. The van der Waals surface area contributed by atoms with Gasteiger partial charge in [0, 0.05) is 36.6 Å². The first-order valence-corrected chi connectivity index (χ1v) is 8.30. The molecule has 0 bridgehead atoms. The van der Waals surface area contributed by atoms with Gasteiger partial charge in [0.15, 0.2) is 0 Å². The van der Waals surface area contributed by atoms with Crippen molar-refractivity contribution in [3.05, 3.63) is 57.0 Å². The van der Waals surface area contributed by atoms with Crippen molar-refractivity contribution in [1.29, 1.82) is 0 Å². The summed E-state index contributed by atoms with van der Waals surface area (Å²) in [6.07, 6.45) is 3.91. The number of carbonyl (C=O) groups is 1. The van der Waals surface area contributed by atoms with E-state index < -0.39 is 0 Å². The van der Waals surface area contributed by atoms with Crippen LogP contribution < -0.4 is 10.9 Å². The molecule has 1 aromatic heterocycles. The molecule has 0 radical (unpaired) electrons. The molecule has 0 saturated carbocycles. The standard InChI is InChI=1S/C19H23N3O2/c1-12-17(15-9-4-5-10-16(15)18(23)20-12)21-14-8-6-7-13(11-14)19(24)22(2)3/h6-8,11,21H,4-5,9-10H2,1-3H3,(H,20,23). The molecule has 0 unspecified atom stereocenters. The van der Waals surface area contributed by atoms with Gasteiger partial charge in [-0.15, -0.1) is 0 Å². The Balaban J connectivity index is 1.99. The zero-order valence-electron chi connectivity index (χ0n) is 14.4. The highest BCUT2D eigenvalue weighted by molar-refractivity contribution is 5.95. The number of aryl methyl sites for hydroxylation is 1. The number of rotatable bonds is 3. The lowest BCUT2D eigenvalue weighted by atomic mass is 9.91. The fourth-order valence-electron chi connectivity index (χ4n) is 3.27. The number of amides is 1. The second-order valence-electron chi connectivity index (χ2n) is 6.52. The number of nitrogens with zero attached hydrogens (tertiary/aromatic N) is 1. The Morgan fingerprint density at radius 3 is 2.58 bits per heavy atom. The van der Waals surface area contributed by atoms with Gasteiger partial charge in [0.1, 0.15) is 0 Å². The van der Waals surface area contributed by atoms with Gasteiger partial charge >= 0.3 is 0 Å². The molecule has 0 aliphatic heterocycles. The van der Waals surface area contributed by atoms with Crippen molar-refractivity contribution in [3.8, 4) is 0 Å². The molecule has 0 spiro atoms. The van der Waals surface area contributed by atoms with Crippen molar-refractivity contribution in [1.82, 2.24) is 9.88 Å². The number of aromatic nitrogens is 1. The van der Waals surface area contributed by atoms with E-state index in [1.165, 1.54) is 0 Å². The molecule has 2 N–H and O–H groups in total. The topological polar surface area (TPSA) is 65.2 Å². The number of H-pyrrole nitrogens is 1. The van der Waals surface area contributed by atoms with Crippen LogP contribution in [0.5, 0.6) is 0 Å². The molecule has 1 aliphatic carbocycles. The van der Waals surface area contributed by atoms with E-state index in [4.69, 9.17) is 0 Å². The maximum atomic E-state index is 12.2. The predicted octanol–water partition coefficient (Wildman–Crippen LogP) is 3.01. The van der Waals surface area contributed by atoms with Crippen LogP contribution in [0.1, 0.15) is 40.0 Å². The number of anilines is 2. The van der Waals surface area contributed by atoms with Crippen molar-refractivity contribution in [2.75, 3.05) is 19.4 Å². The van der Waals surface area contributed by atoms with Gasteiger partial charge < -0.3 is 15.2 Å². The molecule has 5 nitrogen and oxygen atoms in total. The third-order valence-corrected chi connectivity index (χ3v) is 4.50. The van der Waals surface area contributed by atoms with Crippen molar-refractivity contribution in [3.63, 3.8) is 0 Å². The number of aromatic amines is 1. The van der Waals surface area contributed by atoms with Crippen LogP contribution in [0.15, 0.2) is 29.1 Å². The summed E-state index contributed by atoms with van der Waals surface area (Å²) < 4.78 is 0. The first-order valence-electron chi connectivity index (χ1n) is 8.30. The molecular formula is C19H23N3O2. The SMILES string of the molecule is Cc1[nH]c(=O)c2c(c1Nc1cccc(C(=O)N(C)C)c1)CCCC2. The number of fused-ring (bicyclic) bond motifs is 1. The summed E-state index contributed by atoms with van der Waals surface area (Å²) in [6, 6.07) is 7.46. The molecule has 1 amide bonds. The Morgan fingerprint density at radius 2 is 1.88 bits per heavy atom. The van der Waals surface area contributed by atoms with Crippen LogP contribution in [-0.2, 0) is 12.8 Å². The number of hydrogen-bond donors (Lipinski definition) is 2. The molecule has 1 aromatic carbocycles. The second kappa shape index (κ2) is 6.51. The van der Waals surface area contributed by atoms with E-state index in [-0.39, 0.29) is 11.5 Å². The minimum absolute atomic E-state index is 0.0288. The molecule has 0 saturated heterocycles. The maximum absolute atomic E-state index is 12.2. The summed E-state index contributed by atoms with van der Waals surface area (Å²) in [5, 5.41) is 3.42. The van der Waals surface area contributed by atoms with E-state index in [0.717, 1.165) is 53.9 Å². The highest BCUT2D eigenvalue weighted by atomic mass is 16.2. The number of hydrogen-bond acceptors (Lipinski definition) is 3. The van der Waals surface area contributed by atoms with Crippen LogP contribution in [0, 0.1) is 6.92 Å². The van der Waals surface area contributed by atoms with Gasteiger partial charge in [-0.05, 0) is 56.4 Å². The van der Waals surface area contributed by atoms with Crippen LogP contribution in [0.3, 0.4) is 0 Å². The van der Waals surface area contributed by atoms with Gasteiger partial charge in [0.05, 0.1) is 5.69 Å². The molecule has 5 heteroatoms. The van der Waals surface area contributed by atoms with E-state index in [2.05, 4.69) is 10.3 Å². The van der Waals surface area contributed by atoms with Gasteiger partial charge in [-0.1, -0.05) is 6.07 Å². The highest BCUT2D eigenvalue weighted by Gasteiger charge is 2.19. The average Bonchev–Trinajstić information content (AvgIpc) is 2.58. The smallest absolute Gasteiger partial charge is 0.253 e. The van der Waals surface area contributed by atoms with Crippen LogP contribution >= 0.6 is 0 Å². The molecule has 0 atom stereocenters. The molecule has 3 rings (SSSR count). The zero-order valence-corrected chi connectivity index (χ0v) is 14.4. The molecular weight excluding hydrogens is 302 g/mol. The summed E-state index contributed by atoms with van der Waals surface area (Å²) >= 11 is 0. The van der Waals surface area contributed by atoms with E-state index in [1.54, 1.807) is 19.0 Å². The quantitative estimate of drug-likeness (QED) is 0.912. The monoisotopic (exact) mass is 325 g/mol. The van der Waals surface area contributed by atoms with Crippen molar-refractivity contribution >= 4 is 17.3 Å². The zero-order chi connectivity index (χ0) is 17.3. The third-order valence-electron chi connectivity index (χ3n) is 4.50. The minimum atomic E-state index is -0.0288. The number of carbonyl (C=O) groups excluding carboxylic acids is 1. The number of benzene rings is 1. The molecule has 1 aliphatic rings. The Bertz CT molecular complexity index is 837. The minimum Gasteiger partial charge on any atom is -0.354 e. The van der Waals surface area contributed by atoms with Gasteiger partial charge in [0.2, 0.25) is 0 Å². The summed E-state index contributed by atoms with van der Waals surface area (Å²) in [5.74, 6) is -0.0288. The van der Waals surface area contributed by atoms with Gasteiger partial charge in [-0.25, -0.2) is 0 Å². The largest absolute Gasteiger partial charge is 0.354 e. The van der Waals surface area contributed by atoms with Crippen molar-refractivity contribution < 1.29 is 4.79 Å². The lowest BCUT2D eigenvalue weighted by Crippen LogP contribution is -2.22. The highest BCUT2D eigenvalue weighted by Crippen LogP contribution is 2.30. The Morgan fingerprint density at radius 1 is 1.17 bits per heavy atom. The lowest BCUT2D eigenvalue weighted by Gasteiger charge is -2.21. The van der Waals surface area contributed by atoms with Gasteiger partial charge in [0.25, 0.3) is 11.5 Å². The fourth-order valence-corrected chi connectivity index (χ4v) is 3.27. The summed E-state index contributed by atoms with van der Waals surface area (Å²) in [5.41, 5.74) is 5.35. The summed E-state index contributed by atoms with van der Waals surface area (Å²) in [6.45, 7) is 1.91. The second-order valence-corrected chi connectivity index (χ2v) is 6.52. The molecule has 126 valence electrons. The van der Waals surface area contributed by atoms with Gasteiger partial charge in [-0.3, -0.25) is 9.59 Å². The third kappa shape index (κ3) is 3.07. The van der Waals surface area contributed by atoms with Gasteiger partial charge in [-0.2, -0.15) is 0 Å². The van der Waals surface area contributed by atoms with Crippen LogP contribution in [0.25, 0.3) is 0 Å². The van der Waals surface area contributed by atoms with Crippen molar-refractivity contribution in [2.45, 2.75) is 32.6 Å². The average molecular weight is 325 g/mol. The van der Waals surface area contributed by atoms with E-state index in [0.29, 0.717) is 5.56 Å². The molecule has 0 fully saturated rings. The Labute approximate surface area is 141 Å².